The molecule has 0 saturated heterocycles. The number of fused-ring (bicyclic) bond motifs is 1. The predicted octanol–water partition coefficient (Wildman–Crippen LogP) is 4.27. The van der Waals surface area contributed by atoms with Crippen LogP contribution in [0.25, 0.3) is 10.9 Å². The summed E-state index contributed by atoms with van der Waals surface area (Å²) in [4.78, 5) is 0. The maximum atomic E-state index is 2.33. The first kappa shape index (κ1) is 12.1. The van der Waals surface area contributed by atoms with E-state index in [4.69, 9.17) is 0 Å². The van der Waals surface area contributed by atoms with Gasteiger partial charge in [0.05, 0.1) is 0 Å². The minimum atomic E-state index is 0.498. The zero-order chi connectivity index (χ0) is 13.2. The van der Waals surface area contributed by atoms with E-state index in [0.29, 0.717) is 6.04 Å². The van der Waals surface area contributed by atoms with E-state index in [2.05, 4.69) is 78.0 Å². The molecule has 19 heavy (non-hydrogen) atoms. The summed E-state index contributed by atoms with van der Waals surface area (Å²) >= 11 is 0. The van der Waals surface area contributed by atoms with Crippen molar-refractivity contribution in [3.05, 3.63) is 60.6 Å². The van der Waals surface area contributed by atoms with Crippen LogP contribution in [-0.4, -0.2) is 9.13 Å². The molecule has 3 rings (SSSR count). The van der Waals surface area contributed by atoms with Gasteiger partial charge in [-0.05, 0) is 55.5 Å². The molecule has 0 amide bonds. The van der Waals surface area contributed by atoms with E-state index in [-0.39, 0.29) is 0 Å². The van der Waals surface area contributed by atoms with Gasteiger partial charge in [-0.15, -0.1) is 0 Å². The van der Waals surface area contributed by atoms with E-state index in [9.17, 15) is 0 Å². The van der Waals surface area contributed by atoms with Gasteiger partial charge in [0.15, 0.2) is 0 Å². The Morgan fingerprint density at radius 2 is 1.84 bits per heavy atom. The molecular weight excluding hydrogens is 232 g/mol. The third-order valence-electron chi connectivity index (χ3n) is 3.85. The van der Waals surface area contributed by atoms with Gasteiger partial charge in [-0.2, -0.15) is 0 Å². The molecule has 2 nitrogen and oxygen atoms in total. The van der Waals surface area contributed by atoms with Crippen molar-refractivity contribution in [2.24, 2.45) is 0 Å². The number of hydrogen-bond acceptors (Lipinski definition) is 0. The van der Waals surface area contributed by atoms with Crippen molar-refractivity contribution in [1.82, 2.24) is 9.13 Å². The molecule has 0 N–H and O–H groups in total. The largest absolute Gasteiger partial charge is 0.351 e. The van der Waals surface area contributed by atoms with E-state index < -0.39 is 0 Å². The van der Waals surface area contributed by atoms with Crippen molar-refractivity contribution in [1.29, 1.82) is 0 Å². The van der Waals surface area contributed by atoms with Gasteiger partial charge < -0.3 is 9.13 Å². The lowest BCUT2D eigenvalue weighted by Crippen LogP contribution is -2.05. The molecule has 1 aromatic carbocycles. The minimum absolute atomic E-state index is 0.498. The zero-order valence-electron chi connectivity index (χ0n) is 11.6. The van der Waals surface area contributed by atoms with Crippen LogP contribution in [-0.2, 0) is 13.0 Å². The molecule has 3 aromatic rings. The normalized spacial score (nSPS) is 12.9. The van der Waals surface area contributed by atoms with Crippen molar-refractivity contribution in [2.75, 3.05) is 0 Å². The van der Waals surface area contributed by atoms with E-state index >= 15 is 0 Å². The fraction of sp³-hybridized carbons (Fsp3) is 0.294. The van der Waals surface area contributed by atoms with Crippen LogP contribution < -0.4 is 0 Å². The lowest BCUT2D eigenvalue weighted by molar-refractivity contribution is 0.547. The van der Waals surface area contributed by atoms with Gasteiger partial charge in [0, 0.05) is 36.7 Å². The Morgan fingerprint density at radius 1 is 1.05 bits per heavy atom. The number of rotatable bonds is 4. The molecule has 1 unspecified atom stereocenters. The van der Waals surface area contributed by atoms with Crippen LogP contribution in [0.2, 0.25) is 0 Å². The maximum Gasteiger partial charge on any atom is 0.0482 e. The van der Waals surface area contributed by atoms with E-state index in [1.54, 1.807) is 0 Å². The van der Waals surface area contributed by atoms with E-state index in [1.165, 1.54) is 16.5 Å². The Kier molecular flexibility index (Phi) is 3.16. The first-order chi connectivity index (χ1) is 9.28. The summed E-state index contributed by atoms with van der Waals surface area (Å²) in [5.41, 5.74) is 2.75. The fourth-order valence-corrected chi connectivity index (χ4v) is 2.72. The lowest BCUT2D eigenvalue weighted by Gasteiger charge is -2.14. The summed E-state index contributed by atoms with van der Waals surface area (Å²) < 4.78 is 4.57. The van der Waals surface area contributed by atoms with Crippen LogP contribution in [0.4, 0.5) is 0 Å². The smallest absolute Gasteiger partial charge is 0.0482 e. The van der Waals surface area contributed by atoms with Gasteiger partial charge in [0.2, 0.25) is 0 Å². The molecule has 2 heteroatoms. The summed E-state index contributed by atoms with van der Waals surface area (Å²) in [6.45, 7) is 5.48. The number of aryl methyl sites for hydroxylation is 1. The van der Waals surface area contributed by atoms with Crippen molar-refractivity contribution in [3.8, 4) is 0 Å². The predicted molar refractivity (Wildman–Crippen MR) is 80.5 cm³/mol. The molecule has 0 spiro atoms. The molecule has 0 radical (unpaired) electrons. The number of nitrogens with zero attached hydrogens (tertiary/aromatic N) is 2. The van der Waals surface area contributed by atoms with Gasteiger partial charge in [-0.3, -0.25) is 0 Å². The van der Waals surface area contributed by atoms with Crippen LogP contribution in [0.15, 0.2) is 55.0 Å². The average molecular weight is 252 g/mol. The maximum absolute atomic E-state index is 2.33. The highest BCUT2D eigenvalue weighted by atomic mass is 15.0. The zero-order valence-corrected chi connectivity index (χ0v) is 11.6. The summed E-state index contributed by atoms with van der Waals surface area (Å²) in [6.07, 6.45) is 7.51. The highest BCUT2D eigenvalue weighted by Gasteiger charge is 2.06. The van der Waals surface area contributed by atoms with E-state index in [1.807, 2.05) is 0 Å². The standard InChI is InChI=1S/C17H20N2/c1-3-18-11-8-16-7-6-15(13-17(16)18)12-14(2)19-9-4-5-10-19/h4-11,13-14H,3,12H2,1-2H3. The van der Waals surface area contributed by atoms with Crippen molar-refractivity contribution in [2.45, 2.75) is 32.9 Å². The Bertz CT molecular complexity index is 662. The second-order valence-corrected chi connectivity index (χ2v) is 5.18. The van der Waals surface area contributed by atoms with Gasteiger partial charge in [0.1, 0.15) is 0 Å². The van der Waals surface area contributed by atoms with Gasteiger partial charge in [-0.1, -0.05) is 12.1 Å². The highest BCUT2D eigenvalue weighted by molar-refractivity contribution is 5.80. The van der Waals surface area contributed by atoms with Crippen LogP contribution in [0.1, 0.15) is 25.5 Å². The van der Waals surface area contributed by atoms with Gasteiger partial charge >= 0.3 is 0 Å². The monoisotopic (exact) mass is 252 g/mol. The summed E-state index contributed by atoms with van der Waals surface area (Å²) in [6, 6.07) is 13.7. The van der Waals surface area contributed by atoms with Crippen LogP contribution in [0.3, 0.4) is 0 Å². The molecule has 2 heterocycles. The second-order valence-electron chi connectivity index (χ2n) is 5.18. The summed E-state index contributed by atoms with van der Waals surface area (Å²) in [5, 5.41) is 1.33. The quantitative estimate of drug-likeness (QED) is 0.656. The van der Waals surface area contributed by atoms with Crippen molar-refractivity contribution in [3.63, 3.8) is 0 Å². The fourth-order valence-electron chi connectivity index (χ4n) is 2.72. The molecule has 2 aromatic heterocycles. The Labute approximate surface area is 114 Å². The van der Waals surface area contributed by atoms with Crippen molar-refractivity contribution >= 4 is 10.9 Å². The Hall–Kier alpha value is -1.96. The first-order valence-electron chi connectivity index (χ1n) is 6.98. The lowest BCUT2D eigenvalue weighted by atomic mass is 10.1. The number of benzene rings is 1. The van der Waals surface area contributed by atoms with Crippen molar-refractivity contribution < 1.29 is 0 Å². The average Bonchev–Trinajstić information content (AvgIpc) is 3.07. The first-order valence-corrected chi connectivity index (χ1v) is 6.98. The number of hydrogen-bond donors (Lipinski definition) is 0. The molecule has 0 fully saturated rings. The molecule has 1 atom stereocenters. The second kappa shape index (κ2) is 4.96. The molecule has 0 aliphatic rings. The van der Waals surface area contributed by atoms with Gasteiger partial charge in [0.25, 0.3) is 0 Å². The molecular formula is C17H20N2. The SMILES string of the molecule is CCn1ccc2ccc(CC(C)n3cccc3)cc21. The molecule has 98 valence electrons. The topological polar surface area (TPSA) is 9.86 Å². The Morgan fingerprint density at radius 3 is 2.58 bits per heavy atom. The summed E-state index contributed by atoms with van der Waals surface area (Å²) in [5.74, 6) is 0. The van der Waals surface area contributed by atoms with Crippen LogP contribution in [0, 0.1) is 0 Å². The third-order valence-corrected chi connectivity index (χ3v) is 3.85. The number of aromatic nitrogens is 2. The molecule has 0 aliphatic heterocycles. The molecule has 0 saturated carbocycles. The van der Waals surface area contributed by atoms with Crippen LogP contribution in [0.5, 0.6) is 0 Å². The molecule has 0 bridgehead atoms. The Balaban J connectivity index is 1.88. The van der Waals surface area contributed by atoms with Gasteiger partial charge in [-0.25, -0.2) is 0 Å². The van der Waals surface area contributed by atoms with Crippen LogP contribution >= 0.6 is 0 Å². The summed E-state index contributed by atoms with van der Waals surface area (Å²) in [7, 11) is 0. The highest BCUT2D eigenvalue weighted by Crippen LogP contribution is 2.21. The molecule has 0 aliphatic carbocycles. The third kappa shape index (κ3) is 2.30. The minimum Gasteiger partial charge on any atom is -0.351 e. The van der Waals surface area contributed by atoms with E-state index in [0.717, 1.165) is 13.0 Å².